The molecule has 314 valence electrons. The van der Waals surface area contributed by atoms with Crippen molar-refractivity contribution in [1.29, 1.82) is 0 Å². The van der Waals surface area contributed by atoms with Gasteiger partial charge >= 0.3 is 11.9 Å². The zero-order valence-electron chi connectivity index (χ0n) is 35.2. The van der Waals surface area contributed by atoms with Crippen LogP contribution in [0.1, 0.15) is 167 Å². The normalized spacial score (nSPS) is 22.1. The van der Waals surface area contributed by atoms with Crippen LogP contribution in [-0.2, 0) is 32.3 Å². The van der Waals surface area contributed by atoms with Crippen LogP contribution >= 0.6 is 0 Å². The van der Waals surface area contributed by atoms with E-state index in [1.165, 1.54) is 129 Å². The van der Waals surface area contributed by atoms with E-state index in [9.17, 15) is 19.8 Å². The van der Waals surface area contributed by atoms with Gasteiger partial charge < -0.3 is 29.2 Å². The molecule has 2 atom stereocenters. The van der Waals surface area contributed by atoms with Gasteiger partial charge in [0.05, 0.1) is 26.4 Å². The second-order valence-corrected chi connectivity index (χ2v) is 17.3. The number of unbranched alkanes of at least 4 members (excludes halogenated alkanes) is 4. The highest BCUT2D eigenvalue weighted by Gasteiger charge is 2.58. The third-order valence-corrected chi connectivity index (χ3v) is 13.0. The molecule has 0 heterocycles. The molecule has 0 saturated heterocycles. The summed E-state index contributed by atoms with van der Waals surface area (Å²) >= 11 is 0. The number of rotatable bonds is 27. The molecule has 2 aromatic carbocycles. The molecule has 8 nitrogen and oxygen atoms in total. The van der Waals surface area contributed by atoms with E-state index >= 15 is 0 Å². The van der Waals surface area contributed by atoms with Gasteiger partial charge in [-0.3, -0.25) is 0 Å². The summed E-state index contributed by atoms with van der Waals surface area (Å²) in [4.78, 5) is 25.2. The molecule has 2 N–H and O–H groups in total. The Hall–Kier alpha value is -3.10. The van der Waals surface area contributed by atoms with E-state index in [1.54, 1.807) is 0 Å². The Balaban J connectivity index is 1.17. The fourth-order valence-electron chi connectivity index (χ4n) is 8.73. The highest BCUT2D eigenvalue weighted by Crippen LogP contribution is 2.36. The number of hydrogen-bond acceptors (Lipinski definition) is 6. The first-order valence-corrected chi connectivity index (χ1v) is 22.2. The lowest BCUT2D eigenvalue weighted by Gasteiger charge is -2.39. The van der Waals surface area contributed by atoms with E-state index < -0.39 is 23.1 Å². The molecule has 2 aromatic rings. The molecule has 0 unspecified atom stereocenters. The number of benzene rings is 2. The average Bonchev–Trinajstić information content (AvgIpc) is 3.21. The van der Waals surface area contributed by atoms with Crippen LogP contribution < -0.4 is 9.47 Å². The van der Waals surface area contributed by atoms with Gasteiger partial charge in [0.1, 0.15) is 11.5 Å². The highest BCUT2D eigenvalue weighted by molar-refractivity contribution is 5.90. The summed E-state index contributed by atoms with van der Waals surface area (Å²) in [6.07, 6.45) is 26.2. The van der Waals surface area contributed by atoms with Crippen molar-refractivity contribution in [3.8, 4) is 11.5 Å². The first kappa shape index (κ1) is 45.6. The van der Waals surface area contributed by atoms with Gasteiger partial charge in [-0.1, -0.05) is 141 Å². The van der Waals surface area contributed by atoms with Crippen molar-refractivity contribution in [1.82, 2.24) is 0 Å². The van der Waals surface area contributed by atoms with E-state index in [2.05, 4.69) is 13.8 Å². The molecule has 8 heteroatoms. The SMILES string of the molecule is CCCCCC1CCC(CCCOc2ccc(CO[C@@](C)(C(=O)O)[C@@](C)(OCc3ccc(OCCCC4CCC(CCCCC)CC4)cc3)C(=O)O)cc2)CC1. The summed E-state index contributed by atoms with van der Waals surface area (Å²) < 4.78 is 23.8. The Morgan fingerprint density at radius 3 is 1.11 bits per heavy atom. The Labute approximate surface area is 338 Å². The molecule has 2 aliphatic rings. The van der Waals surface area contributed by atoms with E-state index in [1.807, 2.05) is 48.5 Å². The second kappa shape index (κ2) is 24.0. The Bertz CT molecular complexity index is 1290. The number of hydrogen-bond donors (Lipinski definition) is 2. The number of aliphatic carboxylic acids is 2. The number of carboxylic acid groups (broad SMARTS) is 2. The molecule has 0 aromatic heterocycles. The topological polar surface area (TPSA) is 112 Å². The third-order valence-electron chi connectivity index (χ3n) is 13.0. The Kier molecular flexibility index (Phi) is 19.5. The van der Waals surface area contributed by atoms with Crippen LogP contribution in [0.4, 0.5) is 0 Å². The van der Waals surface area contributed by atoms with E-state index in [0.29, 0.717) is 24.3 Å². The fourth-order valence-corrected chi connectivity index (χ4v) is 8.73. The highest BCUT2D eigenvalue weighted by atomic mass is 16.6. The quantitative estimate of drug-likeness (QED) is 0.0862. The van der Waals surface area contributed by atoms with Gasteiger partial charge in [-0.25, -0.2) is 9.59 Å². The molecule has 0 amide bonds. The zero-order valence-corrected chi connectivity index (χ0v) is 35.2. The summed E-state index contributed by atoms with van der Waals surface area (Å²) in [6.45, 7) is 8.17. The second-order valence-electron chi connectivity index (χ2n) is 17.3. The molecular weight excluding hydrogens is 705 g/mol. The van der Waals surface area contributed by atoms with Crippen molar-refractivity contribution in [2.75, 3.05) is 13.2 Å². The van der Waals surface area contributed by atoms with Crippen molar-refractivity contribution in [2.45, 2.75) is 181 Å². The van der Waals surface area contributed by atoms with Crippen molar-refractivity contribution < 1.29 is 38.7 Å². The first-order chi connectivity index (χ1) is 27.1. The van der Waals surface area contributed by atoms with Crippen LogP contribution in [0.2, 0.25) is 0 Å². The van der Waals surface area contributed by atoms with Crippen LogP contribution in [0.5, 0.6) is 11.5 Å². The lowest BCUT2D eigenvalue weighted by molar-refractivity contribution is -0.227. The molecule has 0 aliphatic heterocycles. The summed E-state index contributed by atoms with van der Waals surface area (Å²) in [6, 6.07) is 14.7. The van der Waals surface area contributed by atoms with Crippen LogP contribution in [0.25, 0.3) is 0 Å². The lowest BCUT2D eigenvalue weighted by atomic mass is 9.78. The van der Waals surface area contributed by atoms with Gasteiger partial charge in [-0.05, 0) is 98.6 Å². The molecule has 2 fully saturated rings. The van der Waals surface area contributed by atoms with Crippen LogP contribution in [-0.4, -0.2) is 46.6 Å². The molecule has 0 radical (unpaired) electrons. The Morgan fingerprint density at radius 1 is 0.518 bits per heavy atom. The van der Waals surface area contributed by atoms with Gasteiger partial charge in [-0.2, -0.15) is 0 Å². The van der Waals surface area contributed by atoms with Crippen molar-refractivity contribution in [3.63, 3.8) is 0 Å². The van der Waals surface area contributed by atoms with Crippen molar-refractivity contribution >= 4 is 11.9 Å². The minimum atomic E-state index is -2.18. The number of ether oxygens (including phenoxy) is 4. The molecule has 2 saturated carbocycles. The molecule has 56 heavy (non-hydrogen) atoms. The van der Waals surface area contributed by atoms with Gasteiger partial charge in [0.15, 0.2) is 0 Å². The molecule has 0 spiro atoms. The number of carbonyl (C=O) groups is 2. The maximum atomic E-state index is 12.6. The van der Waals surface area contributed by atoms with Crippen LogP contribution in [0, 0.1) is 23.7 Å². The summed E-state index contributed by atoms with van der Waals surface area (Å²) in [5.41, 5.74) is -2.96. The van der Waals surface area contributed by atoms with Crippen molar-refractivity contribution in [3.05, 3.63) is 59.7 Å². The minimum absolute atomic E-state index is 0.108. The predicted molar refractivity (Wildman–Crippen MR) is 223 cm³/mol. The minimum Gasteiger partial charge on any atom is -0.494 e. The third kappa shape index (κ3) is 14.4. The Morgan fingerprint density at radius 2 is 0.821 bits per heavy atom. The summed E-state index contributed by atoms with van der Waals surface area (Å²) in [5.74, 6) is 2.13. The largest absolute Gasteiger partial charge is 0.494 e. The smallest absolute Gasteiger partial charge is 0.339 e. The summed E-state index contributed by atoms with van der Waals surface area (Å²) in [5, 5.41) is 20.6. The van der Waals surface area contributed by atoms with E-state index in [-0.39, 0.29) is 13.2 Å². The monoisotopic (exact) mass is 779 g/mol. The molecule has 4 rings (SSSR count). The van der Waals surface area contributed by atoms with Crippen LogP contribution in [0.3, 0.4) is 0 Å². The molecule has 2 aliphatic carbocycles. The van der Waals surface area contributed by atoms with E-state index in [4.69, 9.17) is 18.9 Å². The molecule has 0 bridgehead atoms. The zero-order chi connectivity index (χ0) is 40.2. The number of carboxylic acids is 2. The van der Waals surface area contributed by atoms with Crippen LogP contribution in [0.15, 0.2) is 48.5 Å². The van der Waals surface area contributed by atoms with Gasteiger partial charge in [0.2, 0.25) is 11.2 Å². The first-order valence-electron chi connectivity index (χ1n) is 22.2. The van der Waals surface area contributed by atoms with Gasteiger partial charge in [-0.15, -0.1) is 0 Å². The van der Waals surface area contributed by atoms with Gasteiger partial charge in [0.25, 0.3) is 0 Å². The standard InChI is InChI=1S/C48H74O8/c1-5-7-9-13-37-17-21-39(22-18-37)15-11-33-53-43-29-25-41(26-30-43)35-55-47(3,45(49)50)48(4,46(51)52)56-36-42-27-31-44(32-28-42)54-34-12-16-40-23-19-38(20-24-40)14-10-8-6-2/h25-32,37-40H,5-24,33-36H2,1-4H3,(H,49,50)(H,51,52)/t37?,38?,39?,40?,47-,48-/m0/s1. The maximum Gasteiger partial charge on any atom is 0.339 e. The lowest BCUT2D eigenvalue weighted by Crippen LogP contribution is -2.63. The van der Waals surface area contributed by atoms with Gasteiger partial charge in [0, 0.05) is 0 Å². The average molecular weight is 779 g/mol. The van der Waals surface area contributed by atoms with Crippen molar-refractivity contribution in [2.24, 2.45) is 23.7 Å². The molecular formula is C48H74O8. The predicted octanol–water partition coefficient (Wildman–Crippen LogP) is 12.2. The maximum absolute atomic E-state index is 12.6. The summed E-state index contributed by atoms with van der Waals surface area (Å²) in [7, 11) is 0. The van der Waals surface area contributed by atoms with E-state index in [0.717, 1.165) is 48.0 Å². The fraction of sp³-hybridized carbons (Fsp3) is 0.708.